The summed E-state index contributed by atoms with van der Waals surface area (Å²) < 4.78 is 1.97. The van der Waals surface area contributed by atoms with Crippen molar-refractivity contribution in [3.8, 4) is 0 Å². The minimum absolute atomic E-state index is 0.557. The maximum absolute atomic E-state index is 4.32. The van der Waals surface area contributed by atoms with Gasteiger partial charge in [0.2, 0.25) is 0 Å². The lowest BCUT2D eigenvalue weighted by Gasteiger charge is -2.35. The van der Waals surface area contributed by atoms with E-state index >= 15 is 0 Å². The lowest BCUT2D eigenvalue weighted by Crippen LogP contribution is -2.53. The van der Waals surface area contributed by atoms with Gasteiger partial charge in [-0.1, -0.05) is 0 Å². The molecule has 5 nitrogen and oxygen atoms in total. The van der Waals surface area contributed by atoms with Crippen LogP contribution < -0.4 is 5.32 Å². The molecule has 1 aromatic rings. The Bertz CT molecular complexity index is 325. The number of aryl methyl sites for hydroxylation is 1. The van der Waals surface area contributed by atoms with Crippen LogP contribution in [0.15, 0.2) is 6.33 Å². The smallest absolute Gasteiger partial charge is 0.140 e. The van der Waals surface area contributed by atoms with Crippen molar-refractivity contribution in [2.24, 2.45) is 0 Å². The molecule has 1 saturated heterocycles. The molecule has 5 heteroatoms. The molecular weight excluding hydrogens is 202 g/mol. The van der Waals surface area contributed by atoms with Gasteiger partial charge in [-0.05, 0) is 20.8 Å². The molecule has 90 valence electrons. The fourth-order valence-electron chi connectivity index (χ4n) is 2.44. The van der Waals surface area contributed by atoms with Crippen LogP contribution in [-0.4, -0.2) is 44.8 Å². The molecule has 1 aliphatic rings. The molecule has 2 unspecified atom stereocenters. The summed E-state index contributed by atoms with van der Waals surface area (Å²) in [6.45, 7) is 10.5. The summed E-state index contributed by atoms with van der Waals surface area (Å²) in [6.07, 6.45) is 1.65. The molecule has 1 aliphatic heterocycles. The Morgan fingerprint density at radius 3 is 2.69 bits per heavy atom. The van der Waals surface area contributed by atoms with Gasteiger partial charge < -0.3 is 5.32 Å². The molecule has 0 amide bonds. The number of piperazine rings is 1. The molecule has 1 N–H and O–H groups in total. The summed E-state index contributed by atoms with van der Waals surface area (Å²) in [5.74, 6) is 1.07. The van der Waals surface area contributed by atoms with Gasteiger partial charge in [0.15, 0.2) is 0 Å². The van der Waals surface area contributed by atoms with E-state index in [-0.39, 0.29) is 0 Å². The predicted octanol–water partition coefficient (Wildman–Crippen LogP) is 0.480. The molecule has 0 spiro atoms. The van der Waals surface area contributed by atoms with Crippen LogP contribution in [0.4, 0.5) is 0 Å². The standard InChI is InChI=1S/C11H21N5/c1-4-16-11(12-8-13-16)7-15-5-9(2)14-10(3)6-15/h8-10,14H,4-7H2,1-3H3. The predicted molar refractivity (Wildman–Crippen MR) is 63.0 cm³/mol. The van der Waals surface area contributed by atoms with Gasteiger partial charge in [0.05, 0.1) is 6.54 Å². The lowest BCUT2D eigenvalue weighted by atomic mass is 10.1. The van der Waals surface area contributed by atoms with Crippen molar-refractivity contribution in [1.29, 1.82) is 0 Å². The van der Waals surface area contributed by atoms with E-state index in [0.29, 0.717) is 12.1 Å². The van der Waals surface area contributed by atoms with E-state index in [1.807, 2.05) is 4.68 Å². The molecule has 0 saturated carbocycles. The van der Waals surface area contributed by atoms with Crippen molar-refractivity contribution in [2.75, 3.05) is 13.1 Å². The minimum atomic E-state index is 0.557. The zero-order valence-electron chi connectivity index (χ0n) is 10.3. The molecule has 0 radical (unpaired) electrons. The van der Waals surface area contributed by atoms with Gasteiger partial charge in [0, 0.05) is 31.7 Å². The fraction of sp³-hybridized carbons (Fsp3) is 0.818. The number of hydrogen-bond donors (Lipinski definition) is 1. The van der Waals surface area contributed by atoms with E-state index in [2.05, 4.69) is 41.1 Å². The first-order valence-electron chi connectivity index (χ1n) is 6.04. The average molecular weight is 223 g/mol. The topological polar surface area (TPSA) is 46.0 Å². The Kier molecular flexibility index (Phi) is 3.56. The van der Waals surface area contributed by atoms with Crippen LogP contribution in [0.3, 0.4) is 0 Å². The number of hydrogen-bond acceptors (Lipinski definition) is 4. The molecule has 1 fully saturated rings. The largest absolute Gasteiger partial charge is 0.309 e. The minimum Gasteiger partial charge on any atom is -0.309 e. The quantitative estimate of drug-likeness (QED) is 0.809. The monoisotopic (exact) mass is 223 g/mol. The van der Waals surface area contributed by atoms with E-state index < -0.39 is 0 Å². The zero-order chi connectivity index (χ0) is 11.5. The van der Waals surface area contributed by atoms with Crippen LogP contribution in [0.1, 0.15) is 26.6 Å². The van der Waals surface area contributed by atoms with E-state index in [9.17, 15) is 0 Å². The molecule has 2 rings (SSSR count). The van der Waals surface area contributed by atoms with Gasteiger partial charge >= 0.3 is 0 Å². The van der Waals surface area contributed by atoms with Gasteiger partial charge in [-0.25, -0.2) is 9.67 Å². The van der Waals surface area contributed by atoms with Gasteiger partial charge in [0.25, 0.3) is 0 Å². The highest BCUT2D eigenvalue weighted by Crippen LogP contribution is 2.08. The highest BCUT2D eigenvalue weighted by molar-refractivity contribution is 4.88. The zero-order valence-corrected chi connectivity index (χ0v) is 10.3. The maximum atomic E-state index is 4.32. The Labute approximate surface area is 96.8 Å². The van der Waals surface area contributed by atoms with Gasteiger partial charge in [-0.2, -0.15) is 5.10 Å². The summed E-state index contributed by atoms with van der Waals surface area (Å²) in [5, 5.41) is 7.73. The first-order chi connectivity index (χ1) is 7.69. The Morgan fingerprint density at radius 1 is 1.38 bits per heavy atom. The Balaban J connectivity index is 1.98. The van der Waals surface area contributed by atoms with Crippen molar-refractivity contribution in [3.63, 3.8) is 0 Å². The lowest BCUT2D eigenvalue weighted by molar-refractivity contribution is 0.161. The summed E-state index contributed by atoms with van der Waals surface area (Å²) >= 11 is 0. The second-order valence-electron chi connectivity index (χ2n) is 4.65. The molecule has 16 heavy (non-hydrogen) atoms. The number of nitrogens with zero attached hydrogens (tertiary/aromatic N) is 4. The molecule has 2 heterocycles. The van der Waals surface area contributed by atoms with Crippen LogP contribution in [0.5, 0.6) is 0 Å². The average Bonchev–Trinajstić information content (AvgIpc) is 2.63. The van der Waals surface area contributed by atoms with Crippen molar-refractivity contribution in [3.05, 3.63) is 12.2 Å². The third-order valence-electron chi connectivity index (χ3n) is 2.99. The fourth-order valence-corrected chi connectivity index (χ4v) is 2.44. The van der Waals surface area contributed by atoms with Crippen molar-refractivity contribution >= 4 is 0 Å². The normalized spacial score (nSPS) is 27.2. The van der Waals surface area contributed by atoms with Crippen molar-refractivity contribution in [1.82, 2.24) is 25.0 Å². The van der Waals surface area contributed by atoms with E-state index in [4.69, 9.17) is 0 Å². The van der Waals surface area contributed by atoms with Crippen LogP contribution >= 0.6 is 0 Å². The first kappa shape index (κ1) is 11.5. The van der Waals surface area contributed by atoms with E-state index in [1.165, 1.54) is 0 Å². The van der Waals surface area contributed by atoms with Gasteiger partial charge in [0.1, 0.15) is 12.2 Å². The Hall–Kier alpha value is -0.940. The second kappa shape index (κ2) is 4.93. The SMILES string of the molecule is CCn1ncnc1CN1CC(C)NC(C)C1. The highest BCUT2D eigenvalue weighted by atomic mass is 15.4. The van der Waals surface area contributed by atoms with Crippen molar-refractivity contribution < 1.29 is 0 Å². The van der Waals surface area contributed by atoms with Crippen LogP contribution in [0, 0.1) is 0 Å². The van der Waals surface area contributed by atoms with Gasteiger partial charge in [-0.3, -0.25) is 4.90 Å². The molecule has 0 bridgehead atoms. The number of aromatic nitrogens is 3. The maximum Gasteiger partial charge on any atom is 0.140 e. The molecule has 2 atom stereocenters. The van der Waals surface area contributed by atoms with Crippen LogP contribution in [0.2, 0.25) is 0 Å². The van der Waals surface area contributed by atoms with Crippen LogP contribution in [-0.2, 0) is 13.1 Å². The third kappa shape index (κ3) is 2.59. The molecule has 0 aliphatic carbocycles. The van der Waals surface area contributed by atoms with Crippen LogP contribution in [0.25, 0.3) is 0 Å². The second-order valence-corrected chi connectivity index (χ2v) is 4.65. The number of nitrogens with one attached hydrogen (secondary N) is 1. The molecular formula is C11H21N5. The van der Waals surface area contributed by atoms with E-state index in [0.717, 1.165) is 32.0 Å². The summed E-state index contributed by atoms with van der Waals surface area (Å²) in [4.78, 5) is 6.77. The molecule has 0 aromatic carbocycles. The molecule has 1 aromatic heterocycles. The number of rotatable bonds is 3. The summed E-state index contributed by atoms with van der Waals surface area (Å²) in [5.41, 5.74) is 0. The van der Waals surface area contributed by atoms with E-state index in [1.54, 1.807) is 6.33 Å². The summed E-state index contributed by atoms with van der Waals surface area (Å²) in [6, 6.07) is 1.11. The summed E-state index contributed by atoms with van der Waals surface area (Å²) in [7, 11) is 0. The Morgan fingerprint density at radius 2 is 2.06 bits per heavy atom. The highest BCUT2D eigenvalue weighted by Gasteiger charge is 2.21. The first-order valence-corrected chi connectivity index (χ1v) is 6.04. The van der Waals surface area contributed by atoms with Gasteiger partial charge in [-0.15, -0.1) is 0 Å². The van der Waals surface area contributed by atoms with Crippen molar-refractivity contribution in [2.45, 2.75) is 45.9 Å². The third-order valence-corrected chi connectivity index (χ3v) is 2.99.